The lowest BCUT2D eigenvalue weighted by atomic mass is 10.1. The standard InChI is InChI=1S/C24H17F2NO2/c1-29-23-11-9-18(24(28)27-14-19-4-2-3-5-20(19)15-27)12-17(23)7-6-16-8-10-21(25)13-22(16)26/h2-5,8-13H,14-15H2,1H3. The highest BCUT2D eigenvalue weighted by molar-refractivity contribution is 5.95. The number of nitrogens with zero attached hydrogens (tertiary/aromatic N) is 1. The summed E-state index contributed by atoms with van der Waals surface area (Å²) in [4.78, 5) is 14.7. The molecular weight excluding hydrogens is 372 g/mol. The second-order valence-corrected chi connectivity index (χ2v) is 6.72. The van der Waals surface area contributed by atoms with Gasteiger partial charge in [0.2, 0.25) is 0 Å². The highest BCUT2D eigenvalue weighted by Gasteiger charge is 2.24. The summed E-state index contributed by atoms with van der Waals surface area (Å²) in [6, 6.07) is 16.2. The number of halogens is 2. The van der Waals surface area contributed by atoms with Crippen LogP contribution in [0.15, 0.2) is 60.7 Å². The van der Waals surface area contributed by atoms with E-state index < -0.39 is 11.6 Å². The minimum Gasteiger partial charge on any atom is -0.495 e. The summed E-state index contributed by atoms with van der Waals surface area (Å²) in [6.07, 6.45) is 0. The molecule has 0 saturated heterocycles. The Balaban J connectivity index is 1.62. The highest BCUT2D eigenvalue weighted by atomic mass is 19.1. The molecule has 1 aliphatic rings. The van der Waals surface area contributed by atoms with Gasteiger partial charge in [0.15, 0.2) is 0 Å². The third kappa shape index (κ3) is 3.83. The van der Waals surface area contributed by atoms with E-state index in [1.54, 1.807) is 23.1 Å². The minimum absolute atomic E-state index is 0.0696. The van der Waals surface area contributed by atoms with E-state index in [1.165, 1.54) is 13.2 Å². The average Bonchev–Trinajstić information content (AvgIpc) is 3.16. The third-order valence-corrected chi connectivity index (χ3v) is 4.84. The van der Waals surface area contributed by atoms with Gasteiger partial charge >= 0.3 is 0 Å². The molecule has 144 valence electrons. The Morgan fingerprint density at radius 2 is 1.62 bits per heavy atom. The number of carbonyl (C=O) groups excluding carboxylic acids is 1. The van der Waals surface area contributed by atoms with Crippen molar-refractivity contribution in [1.82, 2.24) is 4.90 Å². The highest BCUT2D eigenvalue weighted by Crippen LogP contribution is 2.26. The SMILES string of the molecule is COc1ccc(C(=O)N2Cc3ccccc3C2)cc1C#Cc1ccc(F)cc1F. The van der Waals surface area contributed by atoms with Crippen LogP contribution in [0.5, 0.6) is 5.75 Å². The van der Waals surface area contributed by atoms with Crippen LogP contribution in [0.25, 0.3) is 0 Å². The van der Waals surface area contributed by atoms with Crippen LogP contribution in [0.2, 0.25) is 0 Å². The van der Waals surface area contributed by atoms with E-state index in [1.807, 2.05) is 24.3 Å². The summed E-state index contributed by atoms with van der Waals surface area (Å²) in [5.74, 6) is 4.48. The van der Waals surface area contributed by atoms with Gasteiger partial charge in [-0.15, -0.1) is 0 Å². The molecule has 1 amide bonds. The van der Waals surface area contributed by atoms with Crippen LogP contribution in [0.1, 0.15) is 32.6 Å². The first-order valence-electron chi connectivity index (χ1n) is 9.06. The van der Waals surface area contributed by atoms with Crippen LogP contribution in [0.3, 0.4) is 0 Å². The summed E-state index contributed by atoms with van der Waals surface area (Å²) in [5, 5.41) is 0. The van der Waals surface area contributed by atoms with E-state index in [0.29, 0.717) is 30.0 Å². The van der Waals surface area contributed by atoms with Crippen molar-refractivity contribution >= 4 is 5.91 Å². The van der Waals surface area contributed by atoms with Gasteiger partial charge in [0, 0.05) is 24.7 Å². The number of carbonyl (C=O) groups is 1. The van der Waals surface area contributed by atoms with Crippen LogP contribution in [-0.4, -0.2) is 17.9 Å². The van der Waals surface area contributed by atoms with E-state index in [2.05, 4.69) is 11.8 Å². The predicted molar refractivity (Wildman–Crippen MR) is 105 cm³/mol. The normalized spacial score (nSPS) is 12.2. The van der Waals surface area contributed by atoms with Crippen molar-refractivity contribution in [2.24, 2.45) is 0 Å². The molecule has 0 fully saturated rings. The number of hydrogen-bond donors (Lipinski definition) is 0. The summed E-state index contributed by atoms with van der Waals surface area (Å²) in [7, 11) is 1.50. The predicted octanol–water partition coefficient (Wildman–Crippen LogP) is 4.53. The zero-order valence-electron chi connectivity index (χ0n) is 15.7. The van der Waals surface area contributed by atoms with Crippen molar-refractivity contribution in [1.29, 1.82) is 0 Å². The number of hydrogen-bond acceptors (Lipinski definition) is 2. The van der Waals surface area contributed by atoms with Crippen LogP contribution in [-0.2, 0) is 13.1 Å². The van der Waals surface area contributed by atoms with Gasteiger partial charge in [0.25, 0.3) is 5.91 Å². The van der Waals surface area contributed by atoms with Crippen LogP contribution < -0.4 is 4.74 Å². The van der Waals surface area contributed by atoms with Gasteiger partial charge in [-0.05, 0) is 41.5 Å². The lowest BCUT2D eigenvalue weighted by Gasteiger charge is -2.16. The molecule has 0 bridgehead atoms. The van der Waals surface area contributed by atoms with Gasteiger partial charge in [0.05, 0.1) is 18.2 Å². The maximum atomic E-state index is 13.8. The molecule has 0 aliphatic carbocycles. The molecule has 0 aromatic heterocycles. The number of ether oxygens (including phenoxy) is 1. The average molecular weight is 389 g/mol. The van der Waals surface area contributed by atoms with Gasteiger partial charge in [-0.2, -0.15) is 0 Å². The van der Waals surface area contributed by atoms with Crippen LogP contribution >= 0.6 is 0 Å². The first kappa shape index (κ1) is 18.7. The maximum absolute atomic E-state index is 13.8. The molecule has 0 atom stereocenters. The molecule has 3 aromatic carbocycles. The second-order valence-electron chi connectivity index (χ2n) is 6.72. The summed E-state index contributed by atoms with van der Waals surface area (Å²) >= 11 is 0. The van der Waals surface area contributed by atoms with Gasteiger partial charge in [-0.3, -0.25) is 4.79 Å². The number of methoxy groups -OCH3 is 1. The second kappa shape index (κ2) is 7.76. The number of benzene rings is 3. The Kier molecular flexibility index (Phi) is 5.01. The zero-order valence-corrected chi connectivity index (χ0v) is 15.7. The summed E-state index contributed by atoms with van der Waals surface area (Å²) in [5.41, 5.74) is 3.28. The first-order chi connectivity index (χ1) is 14.0. The van der Waals surface area contributed by atoms with Crippen molar-refractivity contribution in [2.75, 3.05) is 7.11 Å². The molecule has 1 aliphatic heterocycles. The fourth-order valence-electron chi connectivity index (χ4n) is 3.32. The Hall–Kier alpha value is -3.65. The van der Waals surface area contributed by atoms with Crippen molar-refractivity contribution in [2.45, 2.75) is 13.1 Å². The molecule has 0 radical (unpaired) electrons. The Morgan fingerprint density at radius 3 is 2.28 bits per heavy atom. The maximum Gasteiger partial charge on any atom is 0.254 e. The van der Waals surface area contributed by atoms with Crippen molar-refractivity contribution in [3.8, 4) is 17.6 Å². The summed E-state index contributed by atoms with van der Waals surface area (Å²) < 4.78 is 32.2. The number of rotatable bonds is 2. The van der Waals surface area contributed by atoms with E-state index in [-0.39, 0.29) is 11.5 Å². The van der Waals surface area contributed by atoms with Crippen molar-refractivity contribution in [3.05, 3.63) is 100 Å². The molecule has 0 saturated carbocycles. The molecule has 5 heteroatoms. The monoisotopic (exact) mass is 389 g/mol. The van der Waals surface area contributed by atoms with E-state index in [4.69, 9.17) is 4.74 Å². The van der Waals surface area contributed by atoms with E-state index >= 15 is 0 Å². The number of fused-ring (bicyclic) bond motifs is 1. The molecule has 0 spiro atoms. The molecule has 29 heavy (non-hydrogen) atoms. The minimum atomic E-state index is -0.737. The van der Waals surface area contributed by atoms with Crippen molar-refractivity contribution < 1.29 is 18.3 Å². The lowest BCUT2D eigenvalue weighted by Crippen LogP contribution is -2.25. The smallest absolute Gasteiger partial charge is 0.254 e. The third-order valence-electron chi connectivity index (χ3n) is 4.84. The lowest BCUT2D eigenvalue weighted by molar-refractivity contribution is 0.0751. The molecular formula is C24H17F2NO2. The summed E-state index contributed by atoms with van der Waals surface area (Å²) in [6.45, 7) is 1.12. The van der Waals surface area contributed by atoms with Crippen LogP contribution in [0.4, 0.5) is 8.78 Å². The van der Waals surface area contributed by atoms with Gasteiger partial charge < -0.3 is 9.64 Å². The fourth-order valence-corrected chi connectivity index (χ4v) is 3.32. The molecule has 0 N–H and O–H groups in total. The zero-order chi connectivity index (χ0) is 20.4. The molecule has 1 heterocycles. The topological polar surface area (TPSA) is 29.5 Å². The Labute approximate surface area is 167 Å². The van der Waals surface area contributed by atoms with Crippen molar-refractivity contribution in [3.63, 3.8) is 0 Å². The fraction of sp³-hybridized carbons (Fsp3) is 0.125. The van der Waals surface area contributed by atoms with Gasteiger partial charge in [-0.1, -0.05) is 36.1 Å². The Bertz CT molecular complexity index is 1140. The van der Waals surface area contributed by atoms with E-state index in [9.17, 15) is 13.6 Å². The number of amides is 1. The molecule has 3 aromatic rings. The molecule has 0 unspecified atom stereocenters. The quantitative estimate of drug-likeness (QED) is 0.603. The van der Waals surface area contributed by atoms with Gasteiger partial charge in [-0.25, -0.2) is 8.78 Å². The van der Waals surface area contributed by atoms with E-state index in [0.717, 1.165) is 23.3 Å². The Morgan fingerprint density at radius 1 is 0.931 bits per heavy atom. The van der Waals surface area contributed by atoms with Gasteiger partial charge in [0.1, 0.15) is 17.4 Å². The first-order valence-corrected chi connectivity index (χ1v) is 9.06. The molecule has 4 rings (SSSR count). The largest absolute Gasteiger partial charge is 0.495 e. The molecule has 3 nitrogen and oxygen atoms in total. The van der Waals surface area contributed by atoms with Crippen LogP contribution in [0, 0.1) is 23.5 Å².